The van der Waals surface area contributed by atoms with Gasteiger partial charge in [0.1, 0.15) is 11.4 Å². The molecule has 0 amide bonds. The highest BCUT2D eigenvalue weighted by molar-refractivity contribution is 5.62. The van der Waals surface area contributed by atoms with E-state index >= 15 is 0 Å². The van der Waals surface area contributed by atoms with Gasteiger partial charge >= 0.3 is 0 Å². The van der Waals surface area contributed by atoms with Crippen LogP contribution in [0.2, 0.25) is 0 Å². The molecule has 2 aromatic rings. The lowest BCUT2D eigenvalue weighted by Gasteiger charge is -1.86. The molecule has 0 aliphatic heterocycles. The lowest BCUT2D eigenvalue weighted by molar-refractivity contribution is 1.05. The van der Waals surface area contributed by atoms with Gasteiger partial charge in [0.05, 0.1) is 11.4 Å². The maximum Gasteiger partial charge on any atom is 0.113 e. The second kappa shape index (κ2) is 5.04. The molecule has 0 fully saturated rings. The van der Waals surface area contributed by atoms with Crippen molar-refractivity contribution in [2.45, 2.75) is 27.7 Å². The van der Waals surface area contributed by atoms with Crippen LogP contribution in [0.3, 0.4) is 0 Å². The van der Waals surface area contributed by atoms with Gasteiger partial charge < -0.3 is 0 Å². The van der Waals surface area contributed by atoms with E-state index in [1.165, 1.54) is 11.1 Å². The summed E-state index contributed by atoms with van der Waals surface area (Å²) in [5.41, 5.74) is 6.17. The van der Waals surface area contributed by atoms with Crippen molar-refractivity contribution in [3.63, 3.8) is 0 Å². The molecule has 2 rings (SSSR count). The van der Waals surface area contributed by atoms with E-state index in [9.17, 15) is 0 Å². The van der Waals surface area contributed by atoms with Crippen molar-refractivity contribution in [3.05, 3.63) is 34.7 Å². The molecule has 0 bridgehead atoms. The van der Waals surface area contributed by atoms with Crippen molar-refractivity contribution in [1.82, 2.24) is 20.4 Å². The summed E-state index contributed by atoms with van der Waals surface area (Å²) in [5.74, 6) is 0. The quantitative estimate of drug-likeness (QED) is 0.863. The van der Waals surface area contributed by atoms with Crippen LogP contribution in [0, 0.1) is 0 Å². The first-order valence-electron chi connectivity index (χ1n) is 5.95. The zero-order valence-electron chi connectivity index (χ0n) is 11.2. The summed E-state index contributed by atoms with van der Waals surface area (Å²) >= 11 is 0. The van der Waals surface area contributed by atoms with Crippen LogP contribution >= 0.6 is 0 Å². The highest BCUT2D eigenvalue weighted by Crippen LogP contribution is 2.18. The minimum atomic E-state index is 0.854. The monoisotopic (exact) mass is 242 g/mol. The molecule has 0 unspecified atom stereocenters. The predicted octanol–water partition coefficient (Wildman–Crippen LogP) is 3.65. The average molecular weight is 242 g/mol. The number of H-pyrrole nitrogens is 2. The molecule has 4 heteroatoms. The normalized spacial score (nSPS) is 10.2. The van der Waals surface area contributed by atoms with E-state index in [0.29, 0.717) is 0 Å². The summed E-state index contributed by atoms with van der Waals surface area (Å²) in [5, 5.41) is 14.5. The first-order valence-corrected chi connectivity index (χ1v) is 5.95. The molecule has 0 saturated carbocycles. The zero-order chi connectivity index (χ0) is 13.1. The minimum Gasteiger partial charge on any atom is -0.278 e. The molecular weight excluding hydrogens is 224 g/mol. The molecule has 18 heavy (non-hydrogen) atoms. The van der Waals surface area contributed by atoms with Crippen molar-refractivity contribution in [3.8, 4) is 11.4 Å². The number of hydrogen-bond acceptors (Lipinski definition) is 2. The van der Waals surface area contributed by atoms with E-state index in [-0.39, 0.29) is 0 Å². The third-order valence-electron chi connectivity index (χ3n) is 2.35. The van der Waals surface area contributed by atoms with Crippen LogP contribution in [-0.2, 0) is 0 Å². The Labute approximate surface area is 107 Å². The number of hydrogen-bond donors (Lipinski definition) is 2. The van der Waals surface area contributed by atoms with Crippen LogP contribution in [0.4, 0.5) is 0 Å². The minimum absolute atomic E-state index is 0.854. The van der Waals surface area contributed by atoms with Crippen molar-refractivity contribution in [2.24, 2.45) is 0 Å². The van der Waals surface area contributed by atoms with E-state index in [1.807, 2.05) is 12.1 Å². The van der Waals surface area contributed by atoms with Crippen LogP contribution in [0.5, 0.6) is 0 Å². The first kappa shape index (κ1) is 12.4. The Hall–Kier alpha value is -2.10. The Kier molecular flexibility index (Phi) is 3.46. The van der Waals surface area contributed by atoms with Crippen molar-refractivity contribution < 1.29 is 0 Å². The van der Waals surface area contributed by atoms with Gasteiger partial charge in [-0.25, -0.2) is 0 Å². The first-order chi connectivity index (χ1) is 8.54. The zero-order valence-corrected chi connectivity index (χ0v) is 11.2. The molecule has 4 nitrogen and oxygen atoms in total. The molecule has 0 spiro atoms. The number of nitrogens with one attached hydrogen (secondary N) is 2. The SMILES string of the molecule is CC(C)=Cc1cc(-c2cc(C=C(C)C)[nH]n2)n[nH]1. The maximum atomic E-state index is 4.26. The molecule has 0 atom stereocenters. The second-order valence-electron chi connectivity index (χ2n) is 4.86. The highest BCUT2D eigenvalue weighted by Gasteiger charge is 2.06. The van der Waals surface area contributed by atoms with E-state index in [4.69, 9.17) is 0 Å². The van der Waals surface area contributed by atoms with Crippen molar-refractivity contribution in [1.29, 1.82) is 0 Å². The molecule has 0 aliphatic rings. The van der Waals surface area contributed by atoms with Gasteiger partial charge in [0, 0.05) is 0 Å². The Balaban J connectivity index is 2.27. The van der Waals surface area contributed by atoms with Gasteiger partial charge in [0.15, 0.2) is 0 Å². The maximum absolute atomic E-state index is 4.26. The molecule has 0 aliphatic carbocycles. The highest BCUT2D eigenvalue weighted by atomic mass is 15.2. The van der Waals surface area contributed by atoms with Crippen LogP contribution < -0.4 is 0 Å². The van der Waals surface area contributed by atoms with E-state index < -0.39 is 0 Å². The predicted molar refractivity (Wildman–Crippen MR) is 74.8 cm³/mol. The van der Waals surface area contributed by atoms with E-state index in [2.05, 4.69) is 60.2 Å². The Bertz CT molecular complexity index is 537. The number of aromatic amines is 2. The lowest BCUT2D eigenvalue weighted by Crippen LogP contribution is -1.76. The van der Waals surface area contributed by atoms with Gasteiger partial charge in [-0.15, -0.1) is 0 Å². The summed E-state index contributed by atoms with van der Waals surface area (Å²) in [6, 6.07) is 3.99. The average Bonchev–Trinajstić information content (AvgIpc) is 2.85. The fraction of sp³-hybridized carbons (Fsp3) is 0.286. The van der Waals surface area contributed by atoms with Crippen LogP contribution in [0.1, 0.15) is 39.1 Å². The summed E-state index contributed by atoms with van der Waals surface area (Å²) in [6.45, 7) is 8.23. The van der Waals surface area contributed by atoms with Crippen molar-refractivity contribution >= 4 is 12.2 Å². The van der Waals surface area contributed by atoms with Gasteiger partial charge in [-0.05, 0) is 52.0 Å². The summed E-state index contributed by atoms with van der Waals surface area (Å²) < 4.78 is 0. The molecule has 2 aromatic heterocycles. The third kappa shape index (κ3) is 2.97. The standard InChI is InChI=1S/C14H18N4/c1-9(2)5-11-7-13(17-15-11)14-8-12(16-18-14)6-10(3)4/h5-8H,1-4H3,(H,15,17)(H,16,18). The molecule has 0 aromatic carbocycles. The molecule has 0 radical (unpaired) electrons. The van der Waals surface area contributed by atoms with E-state index in [1.54, 1.807) is 0 Å². The lowest BCUT2D eigenvalue weighted by atomic mass is 10.2. The van der Waals surface area contributed by atoms with Gasteiger partial charge in [0.25, 0.3) is 0 Å². The largest absolute Gasteiger partial charge is 0.278 e. The van der Waals surface area contributed by atoms with Crippen LogP contribution in [-0.4, -0.2) is 20.4 Å². The Morgan fingerprint density at radius 1 is 0.833 bits per heavy atom. The smallest absolute Gasteiger partial charge is 0.113 e. The molecule has 94 valence electrons. The fourth-order valence-electron chi connectivity index (χ4n) is 1.71. The van der Waals surface area contributed by atoms with Gasteiger partial charge in [-0.2, -0.15) is 10.2 Å². The Morgan fingerprint density at radius 2 is 1.22 bits per heavy atom. The number of nitrogens with zero attached hydrogens (tertiary/aromatic N) is 2. The second-order valence-corrected chi connectivity index (χ2v) is 4.86. The molecule has 2 heterocycles. The van der Waals surface area contributed by atoms with Gasteiger partial charge in [0.2, 0.25) is 0 Å². The summed E-state index contributed by atoms with van der Waals surface area (Å²) in [7, 11) is 0. The number of allylic oxidation sites excluding steroid dienone is 2. The Morgan fingerprint density at radius 3 is 1.56 bits per heavy atom. The third-order valence-corrected chi connectivity index (χ3v) is 2.35. The summed E-state index contributed by atoms with van der Waals surface area (Å²) in [6.07, 6.45) is 4.11. The summed E-state index contributed by atoms with van der Waals surface area (Å²) in [4.78, 5) is 0. The van der Waals surface area contributed by atoms with Crippen LogP contribution in [0.25, 0.3) is 23.5 Å². The van der Waals surface area contributed by atoms with Crippen LogP contribution in [0.15, 0.2) is 23.3 Å². The van der Waals surface area contributed by atoms with Gasteiger partial charge in [-0.3, -0.25) is 10.2 Å². The molecule has 0 saturated heterocycles. The number of rotatable bonds is 3. The molecular formula is C14H18N4. The number of aromatic nitrogens is 4. The van der Waals surface area contributed by atoms with E-state index in [0.717, 1.165) is 22.8 Å². The van der Waals surface area contributed by atoms with Gasteiger partial charge in [-0.1, -0.05) is 11.1 Å². The van der Waals surface area contributed by atoms with Crippen molar-refractivity contribution in [2.75, 3.05) is 0 Å². The molecule has 2 N–H and O–H groups in total. The topological polar surface area (TPSA) is 57.4 Å². The fourth-order valence-corrected chi connectivity index (χ4v) is 1.71.